The van der Waals surface area contributed by atoms with Crippen LogP contribution in [0.1, 0.15) is 50.2 Å². The number of hydrogen-bond donors (Lipinski definition) is 0. The van der Waals surface area contributed by atoms with Gasteiger partial charge >= 0.3 is 0 Å². The molecule has 0 N–H and O–H groups in total. The highest BCUT2D eigenvalue weighted by molar-refractivity contribution is 5.34. The van der Waals surface area contributed by atoms with Crippen molar-refractivity contribution in [3.05, 3.63) is 35.1 Å². The van der Waals surface area contributed by atoms with E-state index in [1.165, 1.54) is 25.3 Å². The fourth-order valence-electron chi connectivity index (χ4n) is 2.81. The summed E-state index contributed by atoms with van der Waals surface area (Å²) in [6.07, 6.45) is 6.35. The maximum Gasteiger partial charge on any atom is 0.140 e. The van der Waals surface area contributed by atoms with Crippen LogP contribution in [0.25, 0.3) is 0 Å². The first kappa shape index (κ1) is 14.0. The first-order valence-corrected chi connectivity index (χ1v) is 7.04. The highest BCUT2D eigenvalue weighted by Gasteiger charge is 2.24. The van der Waals surface area contributed by atoms with Crippen molar-refractivity contribution < 1.29 is 9.13 Å². The largest absolute Gasteiger partial charge is 0.373 e. The van der Waals surface area contributed by atoms with Crippen molar-refractivity contribution in [3.8, 4) is 6.07 Å². The molecule has 0 bridgehead atoms. The van der Waals surface area contributed by atoms with Gasteiger partial charge < -0.3 is 4.74 Å². The van der Waals surface area contributed by atoms with E-state index in [2.05, 4.69) is 6.92 Å². The second kappa shape index (κ2) is 6.68. The maximum atomic E-state index is 13.2. The normalized spacial score (nSPS) is 23.0. The summed E-state index contributed by atoms with van der Waals surface area (Å²) in [4.78, 5) is 0. The highest BCUT2D eigenvalue weighted by atomic mass is 19.1. The van der Waals surface area contributed by atoms with Gasteiger partial charge in [0.15, 0.2) is 0 Å². The third kappa shape index (κ3) is 3.54. The minimum absolute atomic E-state index is 0.0942. The van der Waals surface area contributed by atoms with Crippen molar-refractivity contribution in [1.82, 2.24) is 0 Å². The Balaban J connectivity index is 1.96. The minimum Gasteiger partial charge on any atom is -0.373 e. The fraction of sp³-hybridized carbons (Fsp3) is 0.562. The van der Waals surface area contributed by atoms with Gasteiger partial charge in [0.25, 0.3) is 0 Å². The molecule has 1 aromatic carbocycles. The quantitative estimate of drug-likeness (QED) is 0.814. The maximum absolute atomic E-state index is 13.2. The molecule has 1 saturated carbocycles. The number of hydrogen-bond acceptors (Lipinski definition) is 2. The molecule has 2 atom stereocenters. The third-order valence-electron chi connectivity index (χ3n) is 3.98. The molecule has 1 fully saturated rings. The van der Waals surface area contributed by atoms with Crippen LogP contribution in [-0.2, 0) is 11.3 Å². The molecule has 2 nitrogen and oxygen atoms in total. The van der Waals surface area contributed by atoms with Crippen molar-refractivity contribution in [2.75, 3.05) is 0 Å². The van der Waals surface area contributed by atoms with Crippen molar-refractivity contribution in [3.63, 3.8) is 0 Å². The Kier molecular flexibility index (Phi) is 4.93. The Morgan fingerprint density at radius 1 is 1.37 bits per heavy atom. The molecule has 102 valence electrons. The van der Waals surface area contributed by atoms with Gasteiger partial charge in [-0.3, -0.25) is 0 Å². The van der Waals surface area contributed by atoms with Gasteiger partial charge in [-0.25, -0.2) is 4.39 Å². The van der Waals surface area contributed by atoms with E-state index >= 15 is 0 Å². The molecule has 0 radical (unpaired) electrons. The second-order valence-corrected chi connectivity index (χ2v) is 5.23. The average Bonchev–Trinajstić information content (AvgIpc) is 2.46. The van der Waals surface area contributed by atoms with Crippen LogP contribution >= 0.6 is 0 Å². The first-order valence-electron chi connectivity index (χ1n) is 7.04. The zero-order valence-corrected chi connectivity index (χ0v) is 11.4. The third-order valence-corrected chi connectivity index (χ3v) is 3.98. The Hall–Kier alpha value is -1.40. The van der Waals surface area contributed by atoms with E-state index < -0.39 is 5.82 Å². The average molecular weight is 261 g/mol. The van der Waals surface area contributed by atoms with E-state index in [0.717, 1.165) is 18.4 Å². The molecular weight excluding hydrogens is 241 g/mol. The number of nitriles is 1. The second-order valence-electron chi connectivity index (χ2n) is 5.23. The number of rotatable bonds is 4. The number of nitrogens with zero attached hydrogens (tertiary/aromatic N) is 1. The summed E-state index contributed by atoms with van der Waals surface area (Å²) in [7, 11) is 0. The van der Waals surface area contributed by atoms with Gasteiger partial charge in [-0.2, -0.15) is 5.26 Å². The Bertz CT molecular complexity index is 466. The van der Waals surface area contributed by atoms with Crippen LogP contribution in [0.5, 0.6) is 0 Å². The lowest BCUT2D eigenvalue weighted by Gasteiger charge is -2.30. The SMILES string of the molecule is CCC1CCCCC1OCc1ccc(F)c(C#N)c1. The molecule has 2 rings (SSSR count). The minimum atomic E-state index is -0.463. The molecule has 0 aromatic heterocycles. The summed E-state index contributed by atoms with van der Waals surface area (Å²) in [5.41, 5.74) is 0.968. The number of ether oxygens (including phenoxy) is 1. The molecule has 1 aromatic rings. The molecule has 0 amide bonds. The summed E-state index contributed by atoms with van der Waals surface area (Å²) in [6, 6.07) is 6.48. The smallest absolute Gasteiger partial charge is 0.140 e. The zero-order valence-electron chi connectivity index (χ0n) is 11.4. The predicted octanol–water partition coefficient (Wildman–Crippen LogP) is 4.18. The molecule has 0 spiro atoms. The van der Waals surface area contributed by atoms with E-state index in [1.807, 2.05) is 6.07 Å². The van der Waals surface area contributed by atoms with Crippen LogP contribution in [0.3, 0.4) is 0 Å². The van der Waals surface area contributed by atoms with Gasteiger partial charge in [0.2, 0.25) is 0 Å². The summed E-state index contributed by atoms with van der Waals surface area (Å²) >= 11 is 0. The molecule has 3 heteroatoms. The first-order chi connectivity index (χ1) is 9.24. The monoisotopic (exact) mass is 261 g/mol. The lowest BCUT2D eigenvalue weighted by Crippen LogP contribution is -2.27. The van der Waals surface area contributed by atoms with Gasteiger partial charge in [0.05, 0.1) is 18.3 Å². The zero-order chi connectivity index (χ0) is 13.7. The molecular formula is C16H20FNO. The lowest BCUT2D eigenvalue weighted by molar-refractivity contribution is -0.0222. The molecule has 1 aliphatic carbocycles. The van der Waals surface area contributed by atoms with Crippen LogP contribution in [0.4, 0.5) is 4.39 Å². The van der Waals surface area contributed by atoms with Crippen LogP contribution < -0.4 is 0 Å². The fourth-order valence-corrected chi connectivity index (χ4v) is 2.81. The van der Waals surface area contributed by atoms with Crippen molar-refractivity contribution >= 4 is 0 Å². The molecule has 0 heterocycles. The van der Waals surface area contributed by atoms with E-state index in [-0.39, 0.29) is 5.56 Å². The molecule has 0 saturated heterocycles. The summed E-state index contributed by atoms with van der Waals surface area (Å²) in [5.74, 6) is 0.181. The van der Waals surface area contributed by atoms with Crippen molar-refractivity contribution in [2.24, 2.45) is 5.92 Å². The number of benzene rings is 1. The van der Waals surface area contributed by atoms with Crippen LogP contribution in [0.2, 0.25) is 0 Å². The van der Waals surface area contributed by atoms with Crippen LogP contribution in [-0.4, -0.2) is 6.10 Å². The molecule has 19 heavy (non-hydrogen) atoms. The van der Waals surface area contributed by atoms with E-state index in [1.54, 1.807) is 12.1 Å². The summed E-state index contributed by atoms with van der Waals surface area (Å²) < 4.78 is 19.2. The van der Waals surface area contributed by atoms with Gasteiger partial charge in [-0.05, 0) is 36.5 Å². The van der Waals surface area contributed by atoms with E-state index in [4.69, 9.17) is 10.00 Å². The lowest BCUT2D eigenvalue weighted by atomic mass is 9.85. The number of halogens is 1. The van der Waals surface area contributed by atoms with E-state index in [0.29, 0.717) is 18.6 Å². The van der Waals surface area contributed by atoms with Crippen LogP contribution in [0.15, 0.2) is 18.2 Å². The standard InChI is InChI=1S/C16H20FNO/c1-2-13-5-3-4-6-16(13)19-11-12-7-8-15(17)14(9-12)10-18/h7-9,13,16H,2-6,11H2,1H3. The van der Waals surface area contributed by atoms with Gasteiger partial charge in [0.1, 0.15) is 11.9 Å². The highest BCUT2D eigenvalue weighted by Crippen LogP contribution is 2.29. The molecule has 2 unspecified atom stereocenters. The summed E-state index contributed by atoms with van der Waals surface area (Å²) in [5, 5.41) is 8.81. The van der Waals surface area contributed by atoms with Gasteiger partial charge in [-0.15, -0.1) is 0 Å². The van der Waals surface area contributed by atoms with Crippen molar-refractivity contribution in [2.45, 2.75) is 51.7 Å². The Morgan fingerprint density at radius 2 is 2.16 bits per heavy atom. The molecule has 0 aliphatic heterocycles. The van der Waals surface area contributed by atoms with Crippen LogP contribution in [0, 0.1) is 23.1 Å². The Labute approximate surface area is 114 Å². The van der Waals surface area contributed by atoms with Gasteiger partial charge in [-0.1, -0.05) is 32.3 Å². The Morgan fingerprint density at radius 3 is 2.89 bits per heavy atom. The van der Waals surface area contributed by atoms with Crippen molar-refractivity contribution in [1.29, 1.82) is 5.26 Å². The molecule has 1 aliphatic rings. The summed E-state index contributed by atoms with van der Waals surface area (Å²) in [6.45, 7) is 2.67. The topological polar surface area (TPSA) is 33.0 Å². The predicted molar refractivity (Wildman–Crippen MR) is 71.9 cm³/mol. The van der Waals surface area contributed by atoms with Gasteiger partial charge in [0, 0.05) is 0 Å². The van der Waals surface area contributed by atoms with E-state index in [9.17, 15) is 4.39 Å².